The summed E-state index contributed by atoms with van der Waals surface area (Å²) in [5.41, 5.74) is 5.53. The number of hydrogen-bond acceptors (Lipinski definition) is 4. The number of ether oxygens (including phenoxy) is 1. The number of amides is 1. The van der Waals surface area contributed by atoms with Crippen LogP contribution in [0.4, 0.5) is 0 Å². The van der Waals surface area contributed by atoms with Crippen LogP contribution < -0.4 is 10.2 Å². The van der Waals surface area contributed by atoms with E-state index in [1.54, 1.807) is 18.5 Å². The van der Waals surface area contributed by atoms with Crippen LogP contribution in [-0.2, 0) is 0 Å². The molecule has 5 aromatic rings. The lowest BCUT2D eigenvalue weighted by Gasteiger charge is -2.05. The molecule has 0 unspecified atom stereocenters. The molecule has 0 spiro atoms. The third-order valence-corrected chi connectivity index (χ3v) is 4.84. The second-order valence-electron chi connectivity index (χ2n) is 6.97. The van der Waals surface area contributed by atoms with Crippen LogP contribution in [0.2, 0.25) is 0 Å². The largest absolute Gasteiger partial charge is 0.457 e. The van der Waals surface area contributed by atoms with Crippen LogP contribution in [0.25, 0.3) is 21.8 Å². The van der Waals surface area contributed by atoms with Crippen molar-refractivity contribution in [3.63, 3.8) is 0 Å². The van der Waals surface area contributed by atoms with E-state index in [0.29, 0.717) is 11.4 Å². The molecule has 0 saturated carbocycles. The van der Waals surface area contributed by atoms with Crippen molar-refractivity contribution in [1.82, 2.24) is 15.4 Å². The highest BCUT2D eigenvalue weighted by atomic mass is 16.5. The Labute approximate surface area is 178 Å². The first-order valence-corrected chi connectivity index (χ1v) is 9.79. The molecule has 3 aromatic carbocycles. The molecule has 31 heavy (non-hydrogen) atoms. The molecule has 0 bridgehead atoms. The maximum Gasteiger partial charge on any atom is 0.289 e. The van der Waals surface area contributed by atoms with E-state index in [1.165, 1.54) is 0 Å². The van der Waals surface area contributed by atoms with Gasteiger partial charge in [-0.05, 0) is 42.0 Å². The van der Waals surface area contributed by atoms with Crippen LogP contribution in [0.1, 0.15) is 16.1 Å². The van der Waals surface area contributed by atoms with E-state index >= 15 is 0 Å². The minimum Gasteiger partial charge on any atom is -0.457 e. The minimum absolute atomic E-state index is 0.301. The normalized spacial score (nSPS) is 11.2. The zero-order valence-corrected chi connectivity index (χ0v) is 16.4. The van der Waals surface area contributed by atoms with E-state index in [1.807, 2.05) is 78.9 Å². The predicted molar refractivity (Wildman–Crippen MR) is 122 cm³/mol. The molecule has 0 fully saturated rings. The van der Waals surface area contributed by atoms with Crippen LogP contribution in [0, 0.1) is 0 Å². The van der Waals surface area contributed by atoms with Gasteiger partial charge >= 0.3 is 0 Å². The predicted octanol–water partition coefficient (Wildman–Crippen LogP) is 5.27. The summed E-state index contributed by atoms with van der Waals surface area (Å²) in [5.74, 6) is 1.07. The van der Waals surface area contributed by atoms with Crippen molar-refractivity contribution in [2.45, 2.75) is 0 Å². The summed E-state index contributed by atoms with van der Waals surface area (Å²) in [4.78, 5) is 20.1. The molecule has 5 rings (SSSR count). The van der Waals surface area contributed by atoms with Gasteiger partial charge in [0.05, 0.1) is 17.9 Å². The van der Waals surface area contributed by atoms with E-state index in [-0.39, 0.29) is 5.91 Å². The number of rotatable bonds is 5. The number of pyridine rings is 1. The molecule has 0 aliphatic heterocycles. The average molecular weight is 406 g/mol. The highest BCUT2D eigenvalue weighted by Crippen LogP contribution is 2.25. The highest BCUT2D eigenvalue weighted by Gasteiger charge is 2.10. The Hall–Kier alpha value is -4.45. The SMILES string of the molecule is O=C(N/N=C/c1cccc(Oc2ccccc2)c1)c1cc2c(cn1)[nH]c1ccccc12. The van der Waals surface area contributed by atoms with Gasteiger partial charge in [-0.25, -0.2) is 10.4 Å². The highest BCUT2D eigenvalue weighted by molar-refractivity contribution is 6.09. The lowest BCUT2D eigenvalue weighted by atomic mass is 10.1. The molecule has 0 atom stereocenters. The van der Waals surface area contributed by atoms with Crippen molar-refractivity contribution in [2.75, 3.05) is 0 Å². The first kappa shape index (κ1) is 18.6. The second kappa shape index (κ2) is 8.12. The van der Waals surface area contributed by atoms with Gasteiger partial charge < -0.3 is 9.72 Å². The van der Waals surface area contributed by atoms with E-state index in [2.05, 4.69) is 20.5 Å². The monoisotopic (exact) mass is 406 g/mol. The first-order chi connectivity index (χ1) is 15.3. The number of benzene rings is 3. The molecule has 0 aliphatic carbocycles. The van der Waals surface area contributed by atoms with E-state index in [0.717, 1.165) is 33.1 Å². The lowest BCUT2D eigenvalue weighted by molar-refractivity contribution is 0.0950. The van der Waals surface area contributed by atoms with Crippen molar-refractivity contribution in [3.8, 4) is 11.5 Å². The Kier molecular flexibility index (Phi) is 4.86. The zero-order valence-electron chi connectivity index (χ0n) is 16.4. The quantitative estimate of drug-likeness (QED) is 0.308. The van der Waals surface area contributed by atoms with Gasteiger partial charge in [0.25, 0.3) is 5.91 Å². The number of H-pyrrole nitrogens is 1. The summed E-state index contributed by atoms with van der Waals surface area (Å²) < 4.78 is 5.82. The fourth-order valence-electron chi connectivity index (χ4n) is 3.38. The number of nitrogens with one attached hydrogen (secondary N) is 2. The van der Waals surface area contributed by atoms with Crippen LogP contribution in [0.5, 0.6) is 11.5 Å². The van der Waals surface area contributed by atoms with Crippen molar-refractivity contribution < 1.29 is 9.53 Å². The van der Waals surface area contributed by atoms with Gasteiger partial charge in [-0.15, -0.1) is 0 Å². The summed E-state index contributed by atoms with van der Waals surface area (Å²) >= 11 is 0. The van der Waals surface area contributed by atoms with E-state index in [9.17, 15) is 4.79 Å². The number of para-hydroxylation sites is 2. The van der Waals surface area contributed by atoms with Gasteiger partial charge in [0.15, 0.2) is 0 Å². The average Bonchev–Trinajstić information content (AvgIpc) is 3.18. The Morgan fingerprint density at radius 2 is 1.68 bits per heavy atom. The molecule has 6 heteroatoms. The van der Waals surface area contributed by atoms with Crippen molar-refractivity contribution in [2.24, 2.45) is 5.10 Å². The molecule has 2 N–H and O–H groups in total. The molecule has 1 amide bonds. The summed E-state index contributed by atoms with van der Waals surface area (Å²) in [6.45, 7) is 0. The van der Waals surface area contributed by atoms with Gasteiger partial charge in [-0.3, -0.25) is 4.79 Å². The number of fused-ring (bicyclic) bond motifs is 3. The van der Waals surface area contributed by atoms with E-state index in [4.69, 9.17) is 4.74 Å². The summed E-state index contributed by atoms with van der Waals surface area (Å²) in [6, 6.07) is 26.7. The van der Waals surface area contributed by atoms with Crippen LogP contribution in [-0.4, -0.2) is 22.1 Å². The standard InChI is InChI=1S/C25H18N4O2/c30-25(23-14-21-20-11-4-5-12-22(20)28-24(21)16-26-23)29-27-15-17-7-6-10-19(13-17)31-18-8-2-1-3-9-18/h1-16,28H,(H,29,30)/b27-15+. The van der Waals surface area contributed by atoms with Crippen LogP contribution >= 0.6 is 0 Å². The molecule has 2 heterocycles. The van der Waals surface area contributed by atoms with Crippen molar-refractivity contribution >= 4 is 33.9 Å². The van der Waals surface area contributed by atoms with Gasteiger partial charge in [-0.1, -0.05) is 48.5 Å². The lowest BCUT2D eigenvalue weighted by Crippen LogP contribution is -2.18. The summed E-state index contributed by atoms with van der Waals surface area (Å²) in [5, 5.41) is 6.07. The number of nitrogens with zero attached hydrogens (tertiary/aromatic N) is 2. The molecular formula is C25H18N4O2. The van der Waals surface area contributed by atoms with Gasteiger partial charge in [0.1, 0.15) is 17.2 Å². The molecule has 0 saturated heterocycles. The maximum atomic E-state index is 12.5. The number of carbonyl (C=O) groups excluding carboxylic acids is 1. The van der Waals surface area contributed by atoms with Crippen LogP contribution in [0.3, 0.4) is 0 Å². The number of aromatic nitrogens is 2. The summed E-state index contributed by atoms with van der Waals surface area (Å²) in [6.07, 6.45) is 3.23. The molecule has 150 valence electrons. The first-order valence-electron chi connectivity index (χ1n) is 9.79. The van der Waals surface area contributed by atoms with Gasteiger partial charge in [-0.2, -0.15) is 5.10 Å². The molecule has 6 nitrogen and oxygen atoms in total. The smallest absolute Gasteiger partial charge is 0.289 e. The molecular weight excluding hydrogens is 388 g/mol. The Bertz CT molecular complexity index is 1410. The maximum absolute atomic E-state index is 12.5. The Balaban J connectivity index is 1.30. The number of hydrogen-bond donors (Lipinski definition) is 2. The van der Waals surface area contributed by atoms with E-state index < -0.39 is 0 Å². The van der Waals surface area contributed by atoms with Gasteiger partial charge in [0, 0.05) is 16.3 Å². The zero-order chi connectivity index (χ0) is 21.0. The Morgan fingerprint density at radius 3 is 2.58 bits per heavy atom. The topological polar surface area (TPSA) is 79.4 Å². The fourth-order valence-corrected chi connectivity index (χ4v) is 3.38. The fraction of sp³-hybridized carbons (Fsp3) is 0. The van der Waals surface area contributed by atoms with Gasteiger partial charge in [0.2, 0.25) is 0 Å². The number of hydrazone groups is 1. The third-order valence-electron chi connectivity index (χ3n) is 4.84. The third kappa shape index (κ3) is 4.00. The second-order valence-corrected chi connectivity index (χ2v) is 6.97. The van der Waals surface area contributed by atoms with Crippen molar-refractivity contribution in [3.05, 3.63) is 102 Å². The van der Waals surface area contributed by atoms with Crippen molar-refractivity contribution in [1.29, 1.82) is 0 Å². The summed E-state index contributed by atoms with van der Waals surface area (Å²) in [7, 11) is 0. The number of carbonyl (C=O) groups is 1. The minimum atomic E-state index is -0.375. The molecule has 0 aliphatic rings. The van der Waals surface area contributed by atoms with Crippen LogP contribution in [0.15, 0.2) is 96.2 Å². The molecule has 0 radical (unpaired) electrons. The number of aromatic amines is 1. The Morgan fingerprint density at radius 1 is 0.871 bits per heavy atom. The molecule has 2 aromatic heterocycles.